The number of aromatic nitrogens is 1. The molecule has 4 nitrogen and oxygen atoms in total. The molecule has 1 atom stereocenters. The lowest BCUT2D eigenvalue weighted by molar-refractivity contribution is 0.0994. The SMILES string of the molecule is NC(=O)c1ncccc1C1CCCNC1. The molecule has 0 spiro atoms. The van der Waals surface area contributed by atoms with Gasteiger partial charge in [0.2, 0.25) is 0 Å². The molecule has 2 rings (SSSR count). The Balaban J connectivity index is 2.29. The number of hydrogen-bond donors (Lipinski definition) is 2. The Labute approximate surface area is 88.9 Å². The fraction of sp³-hybridized carbons (Fsp3) is 0.455. The summed E-state index contributed by atoms with van der Waals surface area (Å²) in [4.78, 5) is 15.3. The van der Waals surface area contributed by atoms with E-state index < -0.39 is 5.91 Å². The van der Waals surface area contributed by atoms with Gasteiger partial charge in [-0.3, -0.25) is 9.78 Å². The molecule has 1 saturated heterocycles. The number of piperidine rings is 1. The summed E-state index contributed by atoms with van der Waals surface area (Å²) in [5.74, 6) is -0.0638. The number of carbonyl (C=O) groups excluding carboxylic acids is 1. The third-order valence-electron chi connectivity index (χ3n) is 2.81. The van der Waals surface area contributed by atoms with Crippen molar-refractivity contribution in [3.05, 3.63) is 29.6 Å². The highest BCUT2D eigenvalue weighted by molar-refractivity contribution is 5.92. The Bertz CT molecular complexity index is 359. The molecule has 1 aromatic heterocycles. The zero-order valence-corrected chi connectivity index (χ0v) is 8.57. The van der Waals surface area contributed by atoms with Crippen molar-refractivity contribution in [3.63, 3.8) is 0 Å². The van der Waals surface area contributed by atoms with Gasteiger partial charge in [-0.1, -0.05) is 6.07 Å². The van der Waals surface area contributed by atoms with Crippen molar-refractivity contribution in [1.82, 2.24) is 10.3 Å². The van der Waals surface area contributed by atoms with Crippen molar-refractivity contribution in [2.45, 2.75) is 18.8 Å². The van der Waals surface area contributed by atoms with Crippen LogP contribution < -0.4 is 11.1 Å². The number of carbonyl (C=O) groups is 1. The highest BCUT2D eigenvalue weighted by Gasteiger charge is 2.20. The maximum absolute atomic E-state index is 11.2. The number of pyridine rings is 1. The van der Waals surface area contributed by atoms with E-state index in [2.05, 4.69) is 10.3 Å². The molecule has 1 aromatic rings. The van der Waals surface area contributed by atoms with Crippen LogP contribution in [0.2, 0.25) is 0 Å². The number of rotatable bonds is 2. The molecule has 1 unspecified atom stereocenters. The smallest absolute Gasteiger partial charge is 0.267 e. The van der Waals surface area contributed by atoms with Gasteiger partial charge in [-0.2, -0.15) is 0 Å². The average molecular weight is 205 g/mol. The van der Waals surface area contributed by atoms with Crippen LogP contribution in [0.5, 0.6) is 0 Å². The first kappa shape index (κ1) is 10.1. The number of amides is 1. The summed E-state index contributed by atoms with van der Waals surface area (Å²) in [6, 6.07) is 3.81. The molecule has 0 aliphatic carbocycles. The van der Waals surface area contributed by atoms with Crippen LogP contribution in [0.4, 0.5) is 0 Å². The molecular weight excluding hydrogens is 190 g/mol. The molecule has 0 bridgehead atoms. The van der Waals surface area contributed by atoms with Gasteiger partial charge >= 0.3 is 0 Å². The fourth-order valence-electron chi connectivity index (χ4n) is 2.07. The topological polar surface area (TPSA) is 68.0 Å². The summed E-state index contributed by atoms with van der Waals surface area (Å²) < 4.78 is 0. The van der Waals surface area contributed by atoms with Gasteiger partial charge in [0.15, 0.2) is 0 Å². The Morgan fingerprint density at radius 3 is 3.13 bits per heavy atom. The van der Waals surface area contributed by atoms with Crippen LogP contribution in [0.1, 0.15) is 34.8 Å². The molecule has 1 aliphatic heterocycles. The number of nitrogens with one attached hydrogen (secondary N) is 1. The Hall–Kier alpha value is -1.42. The van der Waals surface area contributed by atoms with Gasteiger partial charge in [-0.15, -0.1) is 0 Å². The predicted molar refractivity (Wildman–Crippen MR) is 57.6 cm³/mol. The lowest BCUT2D eigenvalue weighted by Gasteiger charge is -2.23. The fourth-order valence-corrected chi connectivity index (χ4v) is 2.07. The standard InChI is InChI=1S/C11H15N3O/c12-11(15)10-9(4-2-6-14-10)8-3-1-5-13-7-8/h2,4,6,8,13H,1,3,5,7H2,(H2,12,15). The molecule has 1 amide bonds. The quantitative estimate of drug-likeness (QED) is 0.744. The van der Waals surface area contributed by atoms with E-state index in [-0.39, 0.29) is 0 Å². The van der Waals surface area contributed by atoms with Crippen LogP contribution in [-0.2, 0) is 0 Å². The van der Waals surface area contributed by atoms with Gasteiger partial charge in [0.1, 0.15) is 5.69 Å². The summed E-state index contributed by atoms with van der Waals surface area (Å²) in [7, 11) is 0. The second-order valence-electron chi connectivity index (χ2n) is 3.85. The lowest BCUT2D eigenvalue weighted by Crippen LogP contribution is -2.30. The highest BCUT2D eigenvalue weighted by atomic mass is 16.1. The number of nitrogens with two attached hydrogens (primary N) is 1. The molecule has 0 aromatic carbocycles. The van der Waals surface area contributed by atoms with E-state index in [0.717, 1.165) is 31.5 Å². The van der Waals surface area contributed by atoms with E-state index in [4.69, 9.17) is 5.73 Å². The largest absolute Gasteiger partial charge is 0.364 e. The minimum atomic E-state index is -0.434. The minimum Gasteiger partial charge on any atom is -0.364 e. The number of hydrogen-bond acceptors (Lipinski definition) is 3. The summed E-state index contributed by atoms with van der Waals surface area (Å²) in [5, 5.41) is 3.32. The van der Waals surface area contributed by atoms with Crippen molar-refractivity contribution < 1.29 is 4.79 Å². The summed E-state index contributed by atoms with van der Waals surface area (Å²) >= 11 is 0. The normalized spacial score (nSPS) is 21.2. The molecule has 3 N–H and O–H groups in total. The summed E-state index contributed by atoms with van der Waals surface area (Å²) in [5.41, 5.74) is 6.71. The van der Waals surface area contributed by atoms with Gasteiger partial charge < -0.3 is 11.1 Å². The van der Waals surface area contributed by atoms with Gasteiger partial charge in [-0.25, -0.2) is 0 Å². The van der Waals surface area contributed by atoms with Crippen molar-refractivity contribution in [2.24, 2.45) is 5.73 Å². The van der Waals surface area contributed by atoms with E-state index in [9.17, 15) is 4.79 Å². The highest BCUT2D eigenvalue weighted by Crippen LogP contribution is 2.24. The van der Waals surface area contributed by atoms with E-state index in [0.29, 0.717) is 11.6 Å². The Morgan fingerprint density at radius 2 is 2.47 bits per heavy atom. The predicted octanol–water partition coefficient (Wildman–Crippen LogP) is 0.647. The van der Waals surface area contributed by atoms with Crippen molar-refractivity contribution in [2.75, 3.05) is 13.1 Å². The molecular formula is C11H15N3O. The maximum atomic E-state index is 11.2. The van der Waals surface area contributed by atoms with Gasteiger partial charge in [-0.05, 0) is 36.9 Å². The lowest BCUT2D eigenvalue weighted by atomic mass is 9.90. The first-order valence-corrected chi connectivity index (χ1v) is 5.24. The molecule has 1 fully saturated rings. The molecule has 15 heavy (non-hydrogen) atoms. The first-order chi connectivity index (χ1) is 7.29. The molecule has 0 saturated carbocycles. The van der Waals surface area contributed by atoms with Crippen LogP contribution in [0, 0.1) is 0 Å². The van der Waals surface area contributed by atoms with Crippen LogP contribution >= 0.6 is 0 Å². The monoisotopic (exact) mass is 205 g/mol. The first-order valence-electron chi connectivity index (χ1n) is 5.24. The Morgan fingerprint density at radius 1 is 1.60 bits per heavy atom. The molecule has 2 heterocycles. The van der Waals surface area contributed by atoms with E-state index in [1.54, 1.807) is 6.20 Å². The molecule has 0 radical (unpaired) electrons. The van der Waals surface area contributed by atoms with Crippen molar-refractivity contribution >= 4 is 5.91 Å². The average Bonchev–Trinajstić information content (AvgIpc) is 2.30. The van der Waals surface area contributed by atoms with Gasteiger partial charge in [0, 0.05) is 12.7 Å². The van der Waals surface area contributed by atoms with Crippen LogP contribution in [0.25, 0.3) is 0 Å². The third kappa shape index (κ3) is 2.15. The maximum Gasteiger partial charge on any atom is 0.267 e. The van der Waals surface area contributed by atoms with E-state index in [1.165, 1.54) is 0 Å². The van der Waals surface area contributed by atoms with Gasteiger partial charge in [0.25, 0.3) is 5.91 Å². The zero-order valence-electron chi connectivity index (χ0n) is 8.57. The van der Waals surface area contributed by atoms with Crippen LogP contribution in [0.3, 0.4) is 0 Å². The van der Waals surface area contributed by atoms with E-state index in [1.807, 2.05) is 12.1 Å². The molecule has 4 heteroatoms. The van der Waals surface area contributed by atoms with Crippen LogP contribution in [-0.4, -0.2) is 24.0 Å². The number of primary amides is 1. The molecule has 1 aliphatic rings. The van der Waals surface area contributed by atoms with E-state index >= 15 is 0 Å². The van der Waals surface area contributed by atoms with Crippen LogP contribution in [0.15, 0.2) is 18.3 Å². The summed E-state index contributed by atoms with van der Waals surface area (Å²) in [6.07, 6.45) is 3.84. The third-order valence-corrected chi connectivity index (χ3v) is 2.81. The summed E-state index contributed by atoms with van der Waals surface area (Å²) in [6.45, 7) is 1.97. The second-order valence-corrected chi connectivity index (χ2v) is 3.85. The second kappa shape index (κ2) is 4.40. The zero-order chi connectivity index (χ0) is 10.7. The minimum absolute atomic E-state index is 0.370. The molecule has 80 valence electrons. The number of nitrogens with zero attached hydrogens (tertiary/aromatic N) is 1. The van der Waals surface area contributed by atoms with Crippen molar-refractivity contribution in [1.29, 1.82) is 0 Å². The van der Waals surface area contributed by atoms with Gasteiger partial charge in [0.05, 0.1) is 0 Å². The van der Waals surface area contributed by atoms with Crippen molar-refractivity contribution in [3.8, 4) is 0 Å². The Kier molecular flexibility index (Phi) is 2.97.